The van der Waals surface area contributed by atoms with Gasteiger partial charge >= 0.3 is 0 Å². The molecule has 1 aliphatic heterocycles. The molecule has 0 spiro atoms. The summed E-state index contributed by atoms with van der Waals surface area (Å²) < 4.78 is 0. The SMILES string of the molecule is CCCC[C@H]1C(=O)NC=C(C(C)=N)C1C. The van der Waals surface area contributed by atoms with Crippen molar-refractivity contribution < 1.29 is 4.79 Å². The van der Waals surface area contributed by atoms with E-state index in [1.54, 1.807) is 13.1 Å². The van der Waals surface area contributed by atoms with Gasteiger partial charge in [-0.3, -0.25) is 4.79 Å². The van der Waals surface area contributed by atoms with Crippen LogP contribution in [0.4, 0.5) is 0 Å². The maximum Gasteiger partial charge on any atom is 0.227 e. The van der Waals surface area contributed by atoms with Gasteiger partial charge in [0.15, 0.2) is 0 Å². The first-order valence-electron chi connectivity index (χ1n) is 5.63. The highest BCUT2D eigenvalue weighted by Crippen LogP contribution is 2.28. The van der Waals surface area contributed by atoms with Crippen LogP contribution in [0.1, 0.15) is 40.0 Å². The van der Waals surface area contributed by atoms with E-state index in [0.717, 1.165) is 24.8 Å². The largest absolute Gasteiger partial charge is 0.332 e. The standard InChI is InChI=1S/C12H20N2O/c1-4-5-6-10-8(2)11(9(3)13)7-14-12(10)15/h7-8,10,13H,4-6H2,1-3H3,(H,14,15)/t8?,10-/m1/s1. The fourth-order valence-corrected chi connectivity index (χ4v) is 2.09. The van der Waals surface area contributed by atoms with Crippen LogP contribution in [0.5, 0.6) is 0 Å². The van der Waals surface area contributed by atoms with E-state index in [9.17, 15) is 4.79 Å². The quantitative estimate of drug-likeness (QED) is 0.685. The fourth-order valence-electron chi connectivity index (χ4n) is 2.09. The van der Waals surface area contributed by atoms with Gasteiger partial charge in [0.2, 0.25) is 5.91 Å². The Balaban J connectivity index is 2.76. The van der Waals surface area contributed by atoms with Crippen LogP contribution in [-0.2, 0) is 4.79 Å². The van der Waals surface area contributed by atoms with E-state index in [4.69, 9.17) is 5.41 Å². The van der Waals surface area contributed by atoms with Crippen molar-refractivity contribution in [3.05, 3.63) is 11.8 Å². The van der Waals surface area contributed by atoms with Crippen molar-refractivity contribution in [1.82, 2.24) is 5.32 Å². The molecular formula is C12H20N2O. The number of amides is 1. The van der Waals surface area contributed by atoms with Crippen LogP contribution in [0, 0.1) is 17.2 Å². The molecule has 0 radical (unpaired) electrons. The molecule has 1 rings (SSSR count). The van der Waals surface area contributed by atoms with Gasteiger partial charge in [0, 0.05) is 17.8 Å². The highest BCUT2D eigenvalue weighted by atomic mass is 16.1. The van der Waals surface area contributed by atoms with E-state index >= 15 is 0 Å². The summed E-state index contributed by atoms with van der Waals surface area (Å²) >= 11 is 0. The maximum atomic E-state index is 11.7. The molecular weight excluding hydrogens is 188 g/mol. The fraction of sp³-hybridized carbons (Fsp3) is 0.667. The maximum absolute atomic E-state index is 11.7. The lowest BCUT2D eigenvalue weighted by Gasteiger charge is -2.28. The van der Waals surface area contributed by atoms with Crippen molar-refractivity contribution in [2.45, 2.75) is 40.0 Å². The van der Waals surface area contributed by atoms with Crippen molar-refractivity contribution in [2.75, 3.05) is 0 Å². The van der Waals surface area contributed by atoms with E-state index in [0.29, 0.717) is 5.71 Å². The second kappa shape index (κ2) is 5.10. The molecule has 0 aromatic heterocycles. The van der Waals surface area contributed by atoms with Gasteiger partial charge in [-0.1, -0.05) is 26.7 Å². The minimum Gasteiger partial charge on any atom is -0.332 e. The summed E-state index contributed by atoms with van der Waals surface area (Å²) in [7, 11) is 0. The molecule has 2 N–H and O–H groups in total. The minimum atomic E-state index is 0.0465. The number of hydrogen-bond donors (Lipinski definition) is 2. The zero-order valence-electron chi connectivity index (χ0n) is 9.76. The third-order valence-corrected chi connectivity index (χ3v) is 3.10. The summed E-state index contributed by atoms with van der Waals surface area (Å²) in [5.74, 6) is 0.342. The molecule has 1 unspecified atom stereocenters. The lowest BCUT2D eigenvalue weighted by Crippen LogP contribution is -2.38. The summed E-state index contributed by atoms with van der Waals surface area (Å²) in [6, 6.07) is 0. The van der Waals surface area contributed by atoms with Crippen LogP contribution >= 0.6 is 0 Å². The number of carbonyl (C=O) groups is 1. The Labute approximate surface area is 91.5 Å². The number of allylic oxidation sites excluding steroid dienone is 1. The molecule has 3 heteroatoms. The van der Waals surface area contributed by atoms with E-state index in [1.165, 1.54) is 0 Å². The summed E-state index contributed by atoms with van der Waals surface area (Å²) in [5, 5.41) is 10.4. The van der Waals surface area contributed by atoms with Gasteiger partial charge in [0.25, 0.3) is 0 Å². The lowest BCUT2D eigenvalue weighted by atomic mass is 9.80. The molecule has 1 aliphatic rings. The second-order valence-corrected chi connectivity index (χ2v) is 4.27. The molecule has 3 nitrogen and oxygen atoms in total. The average Bonchev–Trinajstić information content (AvgIpc) is 2.17. The number of nitrogens with one attached hydrogen (secondary N) is 2. The van der Waals surface area contributed by atoms with Gasteiger partial charge in [-0.05, 0) is 24.8 Å². The van der Waals surface area contributed by atoms with Gasteiger partial charge in [-0.2, -0.15) is 0 Å². The van der Waals surface area contributed by atoms with E-state index in [2.05, 4.69) is 12.2 Å². The van der Waals surface area contributed by atoms with E-state index < -0.39 is 0 Å². The highest BCUT2D eigenvalue weighted by Gasteiger charge is 2.30. The Morgan fingerprint density at radius 2 is 2.27 bits per heavy atom. The highest BCUT2D eigenvalue weighted by molar-refractivity contribution is 5.98. The summed E-state index contributed by atoms with van der Waals surface area (Å²) in [6.45, 7) is 5.95. The van der Waals surface area contributed by atoms with Crippen molar-refractivity contribution in [1.29, 1.82) is 5.41 Å². The van der Waals surface area contributed by atoms with Crippen LogP contribution in [0.15, 0.2) is 11.8 Å². The van der Waals surface area contributed by atoms with Gasteiger partial charge in [-0.25, -0.2) is 0 Å². The van der Waals surface area contributed by atoms with Crippen molar-refractivity contribution in [2.24, 2.45) is 11.8 Å². The zero-order chi connectivity index (χ0) is 11.4. The van der Waals surface area contributed by atoms with Crippen LogP contribution in [0.2, 0.25) is 0 Å². The predicted molar refractivity (Wildman–Crippen MR) is 61.8 cm³/mol. The topological polar surface area (TPSA) is 53.0 Å². The summed E-state index contributed by atoms with van der Waals surface area (Å²) in [4.78, 5) is 11.7. The van der Waals surface area contributed by atoms with Gasteiger partial charge in [0.05, 0.1) is 0 Å². The molecule has 2 atom stereocenters. The predicted octanol–water partition coefficient (Wildman–Crippen LogP) is 2.48. The Morgan fingerprint density at radius 1 is 1.60 bits per heavy atom. The Kier molecular flexibility index (Phi) is 4.06. The summed E-state index contributed by atoms with van der Waals surface area (Å²) in [6.07, 6.45) is 4.80. The normalized spacial score (nSPS) is 25.8. The minimum absolute atomic E-state index is 0.0465. The monoisotopic (exact) mass is 208 g/mol. The Hall–Kier alpha value is -1.12. The number of carbonyl (C=O) groups excluding carboxylic acids is 1. The van der Waals surface area contributed by atoms with Gasteiger partial charge in [0.1, 0.15) is 0 Å². The first-order valence-corrected chi connectivity index (χ1v) is 5.63. The average molecular weight is 208 g/mol. The first kappa shape index (κ1) is 12.0. The lowest BCUT2D eigenvalue weighted by molar-refractivity contribution is -0.125. The Morgan fingerprint density at radius 3 is 2.80 bits per heavy atom. The molecule has 0 saturated carbocycles. The van der Waals surface area contributed by atoms with Crippen LogP contribution in [0.3, 0.4) is 0 Å². The second-order valence-electron chi connectivity index (χ2n) is 4.27. The van der Waals surface area contributed by atoms with Crippen LogP contribution in [0.25, 0.3) is 0 Å². The first-order chi connectivity index (χ1) is 7.07. The van der Waals surface area contributed by atoms with Crippen molar-refractivity contribution in [3.63, 3.8) is 0 Å². The smallest absolute Gasteiger partial charge is 0.227 e. The molecule has 0 aromatic carbocycles. The molecule has 1 heterocycles. The van der Waals surface area contributed by atoms with Crippen LogP contribution < -0.4 is 5.32 Å². The molecule has 15 heavy (non-hydrogen) atoms. The molecule has 84 valence electrons. The van der Waals surface area contributed by atoms with Crippen LogP contribution in [-0.4, -0.2) is 11.6 Å². The van der Waals surface area contributed by atoms with Crippen molar-refractivity contribution >= 4 is 11.6 Å². The third kappa shape index (κ3) is 2.67. The van der Waals surface area contributed by atoms with Crippen molar-refractivity contribution in [3.8, 4) is 0 Å². The number of hydrogen-bond acceptors (Lipinski definition) is 2. The third-order valence-electron chi connectivity index (χ3n) is 3.10. The summed E-state index contributed by atoms with van der Waals surface area (Å²) in [5.41, 5.74) is 1.53. The van der Waals surface area contributed by atoms with E-state index in [-0.39, 0.29) is 17.7 Å². The molecule has 0 aromatic rings. The number of unbranched alkanes of at least 4 members (excludes halogenated alkanes) is 1. The van der Waals surface area contributed by atoms with E-state index in [1.807, 2.05) is 6.92 Å². The molecule has 0 bridgehead atoms. The van der Waals surface area contributed by atoms with Gasteiger partial charge in [-0.15, -0.1) is 0 Å². The zero-order valence-corrected chi connectivity index (χ0v) is 9.76. The number of rotatable bonds is 4. The van der Waals surface area contributed by atoms with Gasteiger partial charge < -0.3 is 10.7 Å². The molecule has 0 aliphatic carbocycles. The molecule has 1 amide bonds. The molecule has 0 fully saturated rings. The Bertz CT molecular complexity index is 294. The molecule has 0 saturated heterocycles.